The first kappa shape index (κ1) is 34.0. The van der Waals surface area contributed by atoms with Gasteiger partial charge in [-0.25, -0.2) is 9.88 Å². The Kier molecular flexibility index (Phi) is 7.93. The monoisotopic (exact) mass is 786 g/mol. The Labute approximate surface area is 336 Å². The average Bonchev–Trinajstić information content (AvgIpc) is 3.93. The van der Waals surface area contributed by atoms with Crippen LogP contribution in [0.1, 0.15) is 0 Å². The molecule has 11 rings (SSSR count). The van der Waals surface area contributed by atoms with Crippen molar-refractivity contribution in [1.82, 2.24) is 14.5 Å². The van der Waals surface area contributed by atoms with Crippen molar-refractivity contribution in [2.75, 3.05) is 26.7 Å². The van der Waals surface area contributed by atoms with Gasteiger partial charge >= 0.3 is 6.01 Å². The van der Waals surface area contributed by atoms with Crippen LogP contribution >= 0.6 is 0 Å². The zero-order valence-electron chi connectivity index (χ0n) is 30.9. The number of anilines is 9. The van der Waals surface area contributed by atoms with E-state index in [9.17, 15) is 0 Å². The molecule has 2 aliphatic rings. The SMILES string of the molecule is CN1c2ccccc2N(c2nc3c4c(ccc3o2)Nc2ccccc2N4[Si](c2ccccc2)c2ccccc2)c2nc(-c3cn(C)c4c3[cH-]c[n+]4C)ccc21.[Mn]. The largest absolute Gasteiger partial charge is 0.423 e. The quantitative estimate of drug-likeness (QED) is 0.107. The van der Waals surface area contributed by atoms with Crippen LogP contribution < -0.4 is 34.6 Å². The maximum absolute atomic E-state index is 6.88. The average molecular weight is 787 g/mol. The van der Waals surface area contributed by atoms with Gasteiger partial charge < -0.3 is 28.3 Å². The van der Waals surface area contributed by atoms with E-state index in [1.54, 1.807) is 0 Å². The van der Waals surface area contributed by atoms with Gasteiger partial charge in [-0.1, -0.05) is 95.9 Å². The molecular weight excluding hydrogens is 752 g/mol. The minimum atomic E-state index is -1.61. The molecule has 11 heteroatoms. The van der Waals surface area contributed by atoms with Crippen LogP contribution in [-0.2, 0) is 31.2 Å². The molecule has 56 heavy (non-hydrogen) atoms. The molecule has 0 saturated heterocycles. The van der Waals surface area contributed by atoms with Gasteiger partial charge in [0.05, 0.1) is 53.9 Å². The third-order valence-electron chi connectivity index (χ3n) is 10.8. The van der Waals surface area contributed by atoms with Crippen molar-refractivity contribution in [1.29, 1.82) is 0 Å². The Morgan fingerprint density at radius 1 is 0.696 bits per heavy atom. The number of para-hydroxylation sites is 4. The fourth-order valence-corrected chi connectivity index (χ4v) is 11.1. The fraction of sp³-hybridized carbons (Fsp3) is 0.0667. The second kappa shape index (κ2) is 13.1. The van der Waals surface area contributed by atoms with Crippen molar-refractivity contribution in [3.8, 4) is 11.3 Å². The summed E-state index contributed by atoms with van der Waals surface area (Å²) in [5.41, 5.74) is 11.7. The zero-order valence-corrected chi connectivity index (χ0v) is 33.0. The van der Waals surface area contributed by atoms with E-state index < -0.39 is 8.96 Å². The summed E-state index contributed by atoms with van der Waals surface area (Å²) in [4.78, 5) is 15.2. The van der Waals surface area contributed by atoms with Gasteiger partial charge in [0.1, 0.15) is 5.52 Å². The fourth-order valence-electron chi connectivity index (χ4n) is 8.37. The van der Waals surface area contributed by atoms with Crippen molar-refractivity contribution in [3.05, 3.63) is 152 Å². The van der Waals surface area contributed by atoms with Crippen molar-refractivity contribution < 1.29 is 26.1 Å². The van der Waals surface area contributed by atoms with Crippen LogP contribution in [0, 0.1) is 0 Å². The smallest absolute Gasteiger partial charge is 0.309 e. The molecule has 0 bridgehead atoms. The number of hydrogen-bond acceptors (Lipinski definition) is 7. The first-order valence-corrected chi connectivity index (χ1v) is 19.8. The number of aromatic nitrogens is 4. The van der Waals surface area contributed by atoms with E-state index in [-0.39, 0.29) is 17.1 Å². The van der Waals surface area contributed by atoms with Crippen LogP contribution in [0.15, 0.2) is 156 Å². The topological polar surface area (TPSA) is 69.5 Å². The van der Waals surface area contributed by atoms with Gasteiger partial charge in [0.2, 0.25) is 8.96 Å². The van der Waals surface area contributed by atoms with Crippen LogP contribution in [0.3, 0.4) is 0 Å². The second-order valence-electron chi connectivity index (χ2n) is 14.1. The Balaban J connectivity index is 0.00000384. The third kappa shape index (κ3) is 5.05. The summed E-state index contributed by atoms with van der Waals surface area (Å²) in [5.74, 6) is 0.755. The van der Waals surface area contributed by atoms with Crippen LogP contribution in [0.2, 0.25) is 0 Å². The molecule has 9 aromatic rings. The van der Waals surface area contributed by atoms with Gasteiger partial charge in [0.25, 0.3) is 0 Å². The number of pyridine rings is 1. The molecule has 0 unspecified atom stereocenters. The number of benzene rings is 5. The molecule has 0 fully saturated rings. The predicted molar refractivity (Wildman–Crippen MR) is 223 cm³/mol. The Morgan fingerprint density at radius 2 is 1.38 bits per heavy atom. The van der Waals surface area contributed by atoms with E-state index >= 15 is 0 Å². The molecule has 0 amide bonds. The maximum Gasteiger partial charge on any atom is 0.309 e. The maximum atomic E-state index is 6.88. The zero-order chi connectivity index (χ0) is 36.8. The van der Waals surface area contributed by atoms with Gasteiger partial charge in [0.15, 0.2) is 17.0 Å². The summed E-state index contributed by atoms with van der Waals surface area (Å²) < 4.78 is 13.7. The molecular formula is C45H35MnN8OSi. The van der Waals surface area contributed by atoms with Crippen LogP contribution in [0.4, 0.5) is 51.6 Å². The van der Waals surface area contributed by atoms with Gasteiger partial charge in [-0.3, -0.25) is 0 Å². The third-order valence-corrected chi connectivity index (χ3v) is 13.5. The molecule has 2 radical (unpaired) electrons. The Bertz CT molecular complexity index is 2900. The first-order valence-electron chi connectivity index (χ1n) is 18.4. The van der Waals surface area contributed by atoms with Crippen LogP contribution in [-0.4, -0.2) is 30.5 Å². The minimum Gasteiger partial charge on any atom is -0.423 e. The van der Waals surface area contributed by atoms with Crippen molar-refractivity contribution in [3.63, 3.8) is 0 Å². The van der Waals surface area contributed by atoms with E-state index in [0.29, 0.717) is 11.6 Å². The molecule has 0 saturated carbocycles. The normalized spacial score (nSPS) is 13.0. The number of fused-ring (bicyclic) bond motifs is 7. The van der Waals surface area contributed by atoms with E-state index in [4.69, 9.17) is 14.4 Å². The molecule has 4 aromatic heterocycles. The molecule has 272 valence electrons. The number of nitrogens with one attached hydrogen (secondary N) is 1. The molecule has 0 spiro atoms. The van der Waals surface area contributed by atoms with Crippen molar-refractivity contribution in [2.45, 2.75) is 0 Å². The number of nitrogens with zero attached hydrogens (tertiary/aromatic N) is 7. The summed E-state index contributed by atoms with van der Waals surface area (Å²) in [7, 11) is 4.64. The number of aryl methyl sites for hydroxylation is 2. The minimum absolute atomic E-state index is 0. The molecule has 5 aromatic carbocycles. The van der Waals surface area contributed by atoms with Crippen molar-refractivity contribution in [2.24, 2.45) is 14.1 Å². The summed E-state index contributed by atoms with van der Waals surface area (Å²) in [6, 6.07) is 49.6. The van der Waals surface area contributed by atoms with E-state index in [2.05, 4.69) is 196 Å². The number of hydrogen-bond donors (Lipinski definition) is 1. The first-order chi connectivity index (χ1) is 27.0. The molecule has 6 heterocycles. The second-order valence-corrected chi connectivity index (χ2v) is 16.4. The van der Waals surface area contributed by atoms with Gasteiger partial charge in [0, 0.05) is 42.2 Å². The number of rotatable bonds is 5. The summed E-state index contributed by atoms with van der Waals surface area (Å²) in [6.07, 6.45) is 4.26. The van der Waals surface area contributed by atoms with E-state index in [0.717, 1.165) is 73.4 Å². The van der Waals surface area contributed by atoms with Crippen LogP contribution in [0.5, 0.6) is 0 Å². The van der Waals surface area contributed by atoms with Gasteiger partial charge in [-0.15, -0.1) is 6.07 Å². The van der Waals surface area contributed by atoms with Crippen LogP contribution in [0.25, 0.3) is 33.4 Å². The Hall–Kier alpha value is -6.52. The van der Waals surface area contributed by atoms with Crippen molar-refractivity contribution >= 4 is 93.1 Å². The summed E-state index contributed by atoms with van der Waals surface area (Å²) in [6.45, 7) is 0. The summed E-state index contributed by atoms with van der Waals surface area (Å²) >= 11 is 0. The number of oxazole rings is 1. The molecule has 1 N–H and O–H groups in total. The van der Waals surface area contributed by atoms with Gasteiger partial charge in [-0.05, 0) is 58.9 Å². The molecule has 0 aliphatic carbocycles. The standard InChI is InChI=1S/C45H35N8OSi.Mn/c1-49-27-26-31-32(28-50(2)44(31)49)33-22-24-39-43(47-33)52(38-21-13-12-20-37(38)51(39)3)45-48-41-40(54-45)25-23-35-42(41)53(36-19-11-10-18-34(36)46-35)55(29-14-6-4-7-15-29)30-16-8-5-9-17-30;/h4-28,46H,1-3H3;. The van der Waals surface area contributed by atoms with Gasteiger partial charge in [-0.2, -0.15) is 4.98 Å². The van der Waals surface area contributed by atoms with E-state index in [1.807, 2.05) is 6.07 Å². The molecule has 9 nitrogen and oxygen atoms in total. The summed E-state index contributed by atoms with van der Waals surface area (Å²) in [5, 5.41) is 7.45. The molecule has 2 aliphatic heterocycles. The Morgan fingerprint density at radius 3 is 2.12 bits per heavy atom. The van der Waals surface area contributed by atoms with E-state index in [1.165, 1.54) is 10.4 Å². The predicted octanol–water partition coefficient (Wildman–Crippen LogP) is 8.47. The molecule has 0 atom stereocenters.